The molecule has 0 saturated carbocycles. The maximum absolute atomic E-state index is 5.26. The van der Waals surface area contributed by atoms with Crippen LogP contribution in [0.1, 0.15) is 0 Å². The van der Waals surface area contributed by atoms with E-state index in [1.807, 2.05) is 0 Å². The molecule has 0 fully saturated rings. The highest BCUT2D eigenvalue weighted by molar-refractivity contribution is 7.37. The molecular weight excluding hydrogens is 97.0 g/mol. The van der Waals surface area contributed by atoms with Crippen LogP contribution in [-0.4, -0.2) is 4.75 Å². The number of hydrogen-bond donors (Lipinski definition) is 1. The molecule has 3 N–H and O–H groups in total. The van der Waals surface area contributed by atoms with E-state index in [0.717, 1.165) is 0 Å². The Bertz CT molecular complexity index is 112. The monoisotopic (exact) mass is 102 g/mol. The van der Waals surface area contributed by atoms with Crippen molar-refractivity contribution in [2.24, 2.45) is 0 Å². The van der Waals surface area contributed by atoms with Gasteiger partial charge in [-0.15, -0.1) is 0 Å². The van der Waals surface area contributed by atoms with Crippen molar-refractivity contribution in [2.75, 3.05) is 5.50 Å². The van der Waals surface area contributed by atoms with Gasteiger partial charge in [-0.1, -0.05) is 0 Å². The fourth-order valence-corrected chi connectivity index (χ4v) is 0.745. The van der Waals surface area contributed by atoms with E-state index in [1.54, 1.807) is 12.4 Å². The fourth-order valence-electron chi connectivity index (χ4n) is 0.248. The summed E-state index contributed by atoms with van der Waals surface area (Å²) >= 11 is 0. The van der Waals surface area contributed by atoms with E-state index in [2.05, 4.69) is 9.49 Å². The second kappa shape index (κ2) is 1.37. The van der Waals surface area contributed by atoms with E-state index < -0.39 is 8.00 Å². The van der Waals surface area contributed by atoms with Gasteiger partial charge in [-0.05, 0) is 4.75 Å². The number of rotatable bonds is 0. The zero-order valence-electron chi connectivity index (χ0n) is 3.13. The summed E-state index contributed by atoms with van der Waals surface area (Å²) in [6.07, 6.45) is 3.41. The van der Waals surface area contributed by atoms with Gasteiger partial charge in [0.05, 0.1) is 0 Å². The highest BCUT2D eigenvalue weighted by Gasteiger charge is 1.88. The summed E-state index contributed by atoms with van der Waals surface area (Å²) in [5.74, 6) is 0. The summed E-state index contributed by atoms with van der Waals surface area (Å²) in [4.78, 5) is 0. The van der Waals surface area contributed by atoms with Gasteiger partial charge in [0.15, 0.2) is 6.20 Å². The molecule has 0 aromatic carbocycles. The Morgan fingerprint density at radius 3 is 2.83 bits per heavy atom. The Kier molecular flexibility index (Phi) is 0.862. The number of H-pyrrole nitrogens is 1. The Hall–Kier alpha value is -0.400. The third kappa shape index (κ3) is 0.559. The third-order valence-electron chi connectivity index (χ3n) is 0.472. The largest absolute Gasteiger partial charge is 0.336 e. The summed E-state index contributed by atoms with van der Waals surface area (Å²) in [6.45, 7) is 0. The van der Waals surface area contributed by atoms with Gasteiger partial charge in [0, 0.05) is 0 Å². The standard InChI is InChI=1S/C2H4N3P/c3-6-4-1-2-5-6/h1-2H,3H2/p+1. The minimum absolute atomic E-state index is 0.701. The Labute approximate surface area is 36.5 Å². The summed E-state index contributed by atoms with van der Waals surface area (Å²) in [5.41, 5.74) is 5.26. The van der Waals surface area contributed by atoms with Gasteiger partial charge in [-0.2, -0.15) is 0 Å². The average Bonchev–Trinajstić information content (AvgIpc) is 1.86. The topological polar surface area (TPSA) is 53.0 Å². The summed E-state index contributed by atoms with van der Waals surface area (Å²) in [7, 11) is -0.701. The van der Waals surface area contributed by atoms with E-state index in [0.29, 0.717) is 0 Å². The van der Waals surface area contributed by atoms with Crippen LogP contribution in [0.2, 0.25) is 0 Å². The van der Waals surface area contributed by atoms with Gasteiger partial charge in [-0.3, -0.25) is 0 Å². The molecule has 0 radical (unpaired) electrons. The number of nitrogens with one attached hydrogen (secondary N) is 1. The normalized spacial score (nSPS) is 11.8. The SMILES string of the molecule is Np1ncc[nH+]1. The van der Waals surface area contributed by atoms with Crippen molar-refractivity contribution in [1.29, 1.82) is 0 Å². The lowest BCUT2D eigenvalue weighted by atomic mass is 11.0. The van der Waals surface area contributed by atoms with Crippen LogP contribution >= 0.6 is 8.00 Å². The molecule has 1 aromatic heterocycles. The molecule has 1 heterocycles. The van der Waals surface area contributed by atoms with Crippen molar-refractivity contribution in [3.63, 3.8) is 0 Å². The average molecular weight is 102 g/mol. The first-order chi connectivity index (χ1) is 2.89. The summed E-state index contributed by atoms with van der Waals surface area (Å²) in [5, 5.41) is 0. The van der Waals surface area contributed by atoms with Crippen LogP contribution in [0.25, 0.3) is 0 Å². The maximum Gasteiger partial charge on any atom is 0.336 e. The molecule has 0 aliphatic carbocycles. The number of aromatic amines is 1. The van der Waals surface area contributed by atoms with Crippen LogP contribution in [0.3, 0.4) is 0 Å². The Morgan fingerprint density at radius 1 is 1.83 bits per heavy atom. The van der Waals surface area contributed by atoms with E-state index in [4.69, 9.17) is 5.50 Å². The van der Waals surface area contributed by atoms with Gasteiger partial charge in [0.2, 0.25) is 0 Å². The van der Waals surface area contributed by atoms with Gasteiger partial charge >= 0.3 is 8.00 Å². The molecule has 0 aliphatic heterocycles. The van der Waals surface area contributed by atoms with Crippen molar-refractivity contribution in [1.82, 2.24) is 4.75 Å². The molecule has 0 bridgehead atoms. The number of hydrogen-bond acceptors (Lipinski definition) is 2. The van der Waals surface area contributed by atoms with Gasteiger partial charge < -0.3 is 0 Å². The smallest absolute Gasteiger partial charge is 0.224 e. The summed E-state index contributed by atoms with van der Waals surface area (Å²) < 4.78 is 6.60. The lowest BCUT2D eigenvalue weighted by Gasteiger charge is -1.56. The number of nitrogen functional groups attached to an aromatic ring is 1. The van der Waals surface area contributed by atoms with Gasteiger partial charge in [-0.25, -0.2) is 10.3 Å². The minimum atomic E-state index is -0.701. The third-order valence-corrected chi connectivity index (χ3v) is 1.27. The molecule has 1 aromatic rings. The first kappa shape index (κ1) is 3.78. The van der Waals surface area contributed by atoms with Crippen molar-refractivity contribution < 1.29 is 4.75 Å². The Morgan fingerprint density at radius 2 is 2.67 bits per heavy atom. The number of nitrogens with zero attached hydrogens (tertiary/aromatic N) is 1. The summed E-state index contributed by atoms with van der Waals surface area (Å²) in [6, 6.07) is 0. The van der Waals surface area contributed by atoms with E-state index in [9.17, 15) is 0 Å². The van der Waals surface area contributed by atoms with E-state index >= 15 is 0 Å². The quantitative estimate of drug-likeness (QED) is 0.484. The minimum Gasteiger partial charge on any atom is -0.224 e. The maximum atomic E-state index is 5.26. The molecule has 6 heavy (non-hydrogen) atoms. The molecule has 3 nitrogen and oxygen atoms in total. The molecule has 32 valence electrons. The lowest BCUT2D eigenvalue weighted by molar-refractivity contribution is -0.291. The zero-order valence-corrected chi connectivity index (χ0v) is 4.02. The van der Waals surface area contributed by atoms with Gasteiger partial charge in [0.25, 0.3) is 0 Å². The predicted octanol–water partition coefficient (Wildman–Crippen LogP) is -0.404. The first-order valence-electron chi connectivity index (χ1n) is 1.56. The highest BCUT2D eigenvalue weighted by atomic mass is 31.1. The van der Waals surface area contributed by atoms with Gasteiger partial charge in [0.1, 0.15) is 6.20 Å². The Balaban J connectivity index is 3.05. The lowest BCUT2D eigenvalue weighted by Crippen LogP contribution is -1.95. The van der Waals surface area contributed by atoms with Crippen molar-refractivity contribution in [3.05, 3.63) is 12.4 Å². The molecular formula is C2H5N3P+. The molecule has 0 amide bonds. The van der Waals surface area contributed by atoms with Crippen molar-refractivity contribution in [2.45, 2.75) is 0 Å². The second-order valence-electron chi connectivity index (χ2n) is 0.905. The van der Waals surface area contributed by atoms with Crippen LogP contribution in [0, 0.1) is 0 Å². The predicted molar refractivity (Wildman–Crippen MR) is 23.7 cm³/mol. The van der Waals surface area contributed by atoms with E-state index in [1.165, 1.54) is 0 Å². The number of aromatic nitrogens is 2. The highest BCUT2D eigenvalue weighted by Crippen LogP contribution is 1.92. The molecule has 4 heteroatoms. The van der Waals surface area contributed by atoms with Crippen molar-refractivity contribution >= 4 is 8.00 Å². The second-order valence-corrected chi connectivity index (χ2v) is 2.08. The fraction of sp³-hybridized carbons (Fsp3) is 0. The molecule has 1 unspecified atom stereocenters. The number of nitrogens with two attached hydrogens (primary N) is 1. The first-order valence-corrected chi connectivity index (χ1v) is 2.93. The molecule has 0 saturated heterocycles. The molecule has 1 atom stereocenters. The molecule has 1 rings (SSSR count). The van der Waals surface area contributed by atoms with Crippen LogP contribution in [0.4, 0.5) is 0 Å². The zero-order chi connectivity index (χ0) is 4.41. The molecule has 0 spiro atoms. The van der Waals surface area contributed by atoms with Crippen molar-refractivity contribution in [3.8, 4) is 0 Å². The van der Waals surface area contributed by atoms with Crippen LogP contribution < -0.4 is 10.3 Å². The van der Waals surface area contributed by atoms with Crippen LogP contribution in [0.15, 0.2) is 12.4 Å². The van der Waals surface area contributed by atoms with Crippen LogP contribution in [0.5, 0.6) is 0 Å². The van der Waals surface area contributed by atoms with E-state index in [-0.39, 0.29) is 0 Å². The van der Waals surface area contributed by atoms with Crippen LogP contribution in [-0.2, 0) is 0 Å². The molecule has 0 aliphatic rings.